The summed E-state index contributed by atoms with van der Waals surface area (Å²) in [5.41, 5.74) is 0.530. The number of Topliss-reactive ketones (excluding diaryl/α,β-unsaturated/α-hetero) is 1. The average molecular weight is 349 g/mol. The molecule has 0 N–H and O–H groups in total. The molecule has 0 saturated heterocycles. The normalized spacial score (nSPS) is 12.0. The van der Waals surface area contributed by atoms with Crippen LogP contribution in [-0.4, -0.2) is 25.5 Å². The van der Waals surface area contributed by atoms with Crippen LogP contribution in [0.15, 0.2) is 48.7 Å². The maximum atomic E-state index is 14.2. The Labute approximate surface area is 150 Å². The van der Waals surface area contributed by atoms with Gasteiger partial charge >= 0.3 is 0 Å². The van der Waals surface area contributed by atoms with Gasteiger partial charge in [0.1, 0.15) is 17.3 Å². The summed E-state index contributed by atoms with van der Waals surface area (Å²) in [7, 11) is 0. The summed E-state index contributed by atoms with van der Waals surface area (Å²) in [6, 6.07) is 13.1. The van der Waals surface area contributed by atoms with E-state index in [0.717, 1.165) is 0 Å². The summed E-state index contributed by atoms with van der Waals surface area (Å²) in [5.74, 6) is -1.94. The van der Waals surface area contributed by atoms with Gasteiger partial charge in [0, 0.05) is 12.1 Å². The van der Waals surface area contributed by atoms with Crippen molar-refractivity contribution in [1.29, 1.82) is 5.26 Å². The van der Waals surface area contributed by atoms with Crippen molar-refractivity contribution in [3.63, 3.8) is 0 Å². The molecule has 0 saturated carbocycles. The Bertz CT molecular complexity index is 975. The second kappa shape index (κ2) is 7.23. The standard InChI is InChI=1S/C19H16FN5O/c1-12(2)19-23-18(24-25(19)16-9-4-3-7-14(16)20)17(26)13(11-21)15-8-5-6-10-22-15/h3-10,12-13H,1-2H3. The zero-order valence-corrected chi connectivity index (χ0v) is 14.3. The summed E-state index contributed by atoms with van der Waals surface area (Å²) in [5, 5.41) is 13.6. The SMILES string of the molecule is CC(C)c1nc(C(=O)C(C#N)c2ccccn2)nn1-c1ccccc1F. The predicted octanol–water partition coefficient (Wildman–Crippen LogP) is 3.41. The Hall–Kier alpha value is -3.40. The number of rotatable bonds is 5. The first-order valence-corrected chi connectivity index (χ1v) is 8.09. The van der Waals surface area contributed by atoms with Crippen molar-refractivity contribution in [3.8, 4) is 11.8 Å². The second-order valence-corrected chi connectivity index (χ2v) is 5.99. The molecule has 3 aromatic rings. The van der Waals surface area contributed by atoms with E-state index in [9.17, 15) is 14.4 Å². The minimum Gasteiger partial charge on any atom is -0.289 e. The number of nitriles is 1. The Morgan fingerprint density at radius 1 is 1.19 bits per heavy atom. The summed E-state index contributed by atoms with van der Waals surface area (Å²) in [6.45, 7) is 3.74. The number of ketones is 1. The van der Waals surface area contributed by atoms with E-state index >= 15 is 0 Å². The Morgan fingerprint density at radius 3 is 2.54 bits per heavy atom. The van der Waals surface area contributed by atoms with Gasteiger partial charge in [-0.05, 0) is 24.3 Å². The van der Waals surface area contributed by atoms with Gasteiger partial charge in [0.2, 0.25) is 11.6 Å². The van der Waals surface area contributed by atoms with Gasteiger partial charge in [-0.3, -0.25) is 9.78 Å². The molecule has 7 heteroatoms. The molecular weight excluding hydrogens is 333 g/mol. The molecule has 0 bridgehead atoms. The van der Waals surface area contributed by atoms with E-state index in [2.05, 4.69) is 15.1 Å². The van der Waals surface area contributed by atoms with Gasteiger partial charge in [-0.1, -0.05) is 32.0 Å². The van der Waals surface area contributed by atoms with Crippen LogP contribution in [-0.2, 0) is 0 Å². The molecule has 3 rings (SSSR count). The largest absolute Gasteiger partial charge is 0.289 e. The zero-order chi connectivity index (χ0) is 18.7. The number of carbonyl (C=O) groups is 1. The molecule has 0 amide bonds. The maximum absolute atomic E-state index is 14.2. The molecule has 130 valence electrons. The molecule has 6 nitrogen and oxygen atoms in total. The van der Waals surface area contributed by atoms with E-state index in [1.54, 1.807) is 36.4 Å². The fraction of sp³-hybridized carbons (Fsp3) is 0.211. The number of carbonyl (C=O) groups excluding carboxylic acids is 1. The summed E-state index contributed by atoms with van der Waals surface area (Å²) >= 11 is 0. The summed E-state index contributed by atoms with van der Waals surface area (Å²) in [4.78, 5) is 21.1. The lowest BCUT2D eigenvalue weighted by molar-refractivity contribution is 0.0967. The number of aromatic nitrogens is 4. The van der Waals surface area contributed by atoms with E-state index in [-0.39, 0.29) is 17.4 Å². The molecule has 0 radical (unpaired) electrons. The number of pyridine rings is 1. The minimum absolute atomic E-state index is 0.0981. The van der Waals surface area contributed by atoms with Crippen molar-refractivity contribution < 1.29 is 9.18 Å². The Balaban J connectivity index is 2.07. The number of hydrogen-bond acceptors (Lipinski definition) is 5. The number of para-hydroxylation sites is 1. The predicted molar refractivity (Wildman–Crippen MR) is 92.3 cm³/mol. The van der Waals surface area contributed by atoms with Gasteiger partial charge in [-0.2, -0.15) is 5.26 Å². The fourth-order valence-corrected chi connectivity index (χ4v) is 2.54. The van der Waals surface area contributed by atoms with Crippen LogP contribution in [0.25, 0.3) is 5.69 Å². The molecule has 0 aliphatic rings. The van der Waals surface area contributed by atoms with Crippen LogP contribution in [0.2, 0.25) is 0 Å². The molecule has 0 fully saturated rings. The van der Waals surface area contributed by atoms with Crippen molar-refractivity contribution in [3.05, 3.63) is 71.8 Å². The smallest absolute Gasteiger partial charge is 0.225 e. The topological polar surface area (TPSA) is 84.5 Å². The number of hydrogen-bond donors (Lipinski definition) is 0. The molecule has 0 aliphatic heterocycles. The molecule has 26 heavy (non-hydrogen) atoms. The van der Waals surface area contributed by atoms with Crippen LogP contribution >= 0.6 is 0 Å². The molecule has 1 aromatic carbocycles. The second-order valence-electron chi connectivity index (χ2n) is 5.99. The van der Waals surface area contributed by atoms with E-state index in [1.165, 1.54) is 16.9 Å². The van der Waals surface area contributed by atoms with Crippen LogP contribution in [0.4, 0.5) is 4.39 Å². The Morgan fingerprint density at radius 2 is 1.92 bits per heavy atom. The molecular formula is C19H16FN5O. The lowest BCUT2D eigenvalue weighted by Gasteiger charge is -2.08. The quantitative estimate of drug-likeness (QED) is 0.659. The van der Waals surface area contributed by atoms with Crippen LogP contribution < -0.4 is 0 Å². The van der Waals surface area contributed by atoms with Gasteiger partial charge in [0.15, 0.2) is 5.92 Å². The van der Waals surface area contributed by atoms with E-state index in [0.29, 0.717) is 11.5 Å². The van der Waals surface area contributed by atoms with Crippen LogP contribution in [0, 0.1) is 17.1 Å². The van der Waals surface area contributed by atoms with Gasteiger partial charge in [-0.15, -0.1) is 5.10 Å². The van der Waals surface area contributed by atoms with E-state index in [4.69, 9.17) is 0 Å². The number of benzene rings is 1. The summed E-state index contributed by atoms with van der Waals surface area (Å²) in [6.07, 6.45) is 1.51. The number of halogens is 1. The first-order valence-electron chi connectivity index (χ1n) is 8.09. The molecule has 0 spiro atoms. The van der Waals surface area contributed by atoms with Crippen molar-refractivity contribution >= 4 is 5.78 Å². The molecule has 2 heterocycles. The van der Waals surface area contributed by atoms with Crippen molar-refractivity contribution in [2.45, 2.75) is 25.7 Å². The van der Waals surface area contributed by atoms with Crippen molar-refractivity contribution in [2.24, 2.45) is 0 Å². The van der Waals surface area contributed by atoms with Gasteiger partial charge in [0.05, 0.1) is 11.8 Å². The minimum atomic E-state index is -1.12. The van der Waals surface area contributed by atoms with Crippen molar-refractivity contribution in [1.82, 2.24) is 19.7 Å². The Kier molecular flexibility index (Phi) is 4.85. The first-order chi connectivity index (χ1) is 12.5. The first kappa shape index (κ1) is 17.4. The highest BCUT2D eigenvalue weighted by molar-refractivity contribution is 5.99. The maximum Gasteiger partial charge on any atom is 0.225 e. The van der Waals surface area contributed by atoms with Gasteiger partial charge in [-0.25, -0.2) is 14.1 Å². The van der Waals surface area contributed by atoms with Crippen LogP contribution in [0.5, 0.6) is 0 Å². The number of nitrogens with zero attached hydrogens (tertiary/aromatic N) is 5. The molecule has 0 aliphatic carbocycles. The highest BCUT2D eigenvalue weighted by Crippen LogP contribution is 2.22. The van der Waals surface area contributed by atoms with E-state index in [1.807, 2.05) is 19.9 Å². The third kappa shape index (κ3) is 3.22. The van der Waals surface area contributed by atoms with Crippen LogP contribution in [0.3, 0.4) is 0 Å². The fourth-order valence-electron chi connectivity index (χ4n) is 2.54. The molecule has 2 aromatic heterocycles. The molecule has 1 atom stereocenters. The van der Waals surface area contributed by atoms with E-state index < -0.39 is 17.5 Å². The van der Waals surface area contributed by atoms with Crippen LogP contribution in [0.1, 0.15) is 47.8 Å². The third-order valence-corrected chi connectivity index (χ3v) is 3.82. The van der Waals surface area contributed by atoms with Gasteiger partial charge < -0.3 is 0 Å². The lowest BCUT2D eigenvalue weighted by Crippen LogP contribution is -2.14. The average Bonchev–Trinajstić information content (AvgIpc) is 3.09. The monoisotopic (exact) mass is 349 g/mol. The van der Waals surface area contributed by atoms with Gasteiger partial charge in [0.25, 0.3) is 0 Å². The zero-order valence-electron chi connectivity index (χ0n) is 14.3. The third-order valence-electron chi connectivity index (χ3n) is 3.82. The highest BCUT2D eigenvalue weighted by Gasteiger charge is 2.28. The highest BCUT2D eigenvalue weighted by atomic mass is 19.1. The lowest BCUT2D eigenvalue weighted by atomic mass is 10.0. The summed E-state index contributed by atoms with van der Waals surface area (Å²) < 4.78 is 15.5. The van der Waals surface area contributed by atoms with Crippen molar-refractivity contribution in [2.75, 3.05) is 0 Å². The molecule has 1 unspecified atom stereocenters.